The third-order valence-electron chi connectivity index (χ3n) is 5.07. The first kappa shape index (κ1) is 17.7. The molecular weight excluding hydrogens is 318 g/mol. The molecule has 2 saturated heterocycles. The molecule has 2 heterocycles. The molecule has 1 aromatic rings. The largest absolute Gasteiger partial charge is 0.497 e. The Morgan fingerprint density at radius 1 is 1.08 bits per heavy atom. The number of nitrogens with one attached hydrogen (secondary N) is 1. The first-order chi connectivity index (χ1) is 12.2. The van der Waals surface area contributed by atoms with E-state index in [0.717, 1.165) is 56.8 Å². The van der Waals surface area contributed by atoms with Gasteiger partial charge in [-0.05, 0) is 62.9 Å². The lowest BCUT2D eigenvalue weighted by atomic mass is 10.1. The lowest BCUT2D eigenvalue weighted by Gasteiger charge is -2.30. The number of hydrogen-bond acceptors (Lipinski definition) is 4. The Balaban J connectivity index is 1.56. The molecule has 0 radical (unpaired) electrons. The number of nitrogens with zero attached hydrogens (tertiary/aromatic N) is 2. The van der Waals surface area contributed by atoms with Crippen LogP contribution in [-0.2, 0) is 9.59 Å². The Hall–Kier alpha value is -2.08. The van der Waals surface area contributed by atoms with Gasteiger partial charge in [0.15, 0.2) is 0 Å². The van der Waals surface area contributed by atoms with Crippen molar-refractivity contribution >= 4 is 17.5 Å². The number of ether oxygens (including phenoxy) is 1. The minimum Gasteiger partial charge on any atom is -0.497 e. The summed E-state index contributed by atoms with van der Waals surface area (Å²) in [4.78, 5) is 29.1. The first-order valence-electron chi connectivity index (χ1n) is 9.14. The first-order valence-corrected chi connectivity index (χ1v) is 9.14. The van der Waals surface area contributed by atoms with E-state index in [1.807, 2.05) is 34.1 Å². The van der Waals surface area contributed by atoms with Crippen LogP contribution in [0.25, 0.3) is 0 Å². The summed E-state index contributed by atoms with van der Waals surface area (Å²) >= 11 is 0. The van der Waals surface area contributed by atoms with E-state index in [1.54, 1.807) is 7.11 Å². The number of rotatable bonds is 5. The summed E-state index contributed by atoms with van der Waals surface area (Å²) in [6.07, 6.45) is 5.14. The third kappa shape index (κ3) is 4.51. The van der Waals surface area contributed by atoms with Crippen LogP contribution >= 0.6 is 0 Å². The number of carbonyl (C=O) groups excluding carboxylic acids is 2. The topological polar surface area (TPSA) is 61.9 Å². The molecule has 25 heavy (non-hydrogen) atoms. The summed E-state index contributed by atoms with van der Waals surface area (Å²) in [5.41, 5.74) is 0.750. The second-order valence-corrected chi connectivity index (χ2v) is 6.79. The number of methoxy groups -OCH3 is 1. The fraction of sp³-hybridized carbons (Fsp3) is 0.579. The predicted octanol–water partition coefficient (Wildman–Crippen LogP) is 2.11. The van der Waals surface area contributed by atoms with Gasteiger partial charge in [0, 0.05) is 18.8 Å². The van der Waals surface area contributed by atoms with Crippen LogP contribution in [0.2, 0.25) is 0 Å². The smallest absolute Gasteiger partial charge is 0.241 e. The predicted molar refractivity (Wildman–Crippen MR) is 96.6 cm³/mol. The second kappa shape index (κ2) is 8.34. The summed E-state index contributed by atoms with van der Waals surface area (Å²) in [7, 11) is 1.61. The molecule has 0 aromatic heterocycles. The molecule has 1 unspecified atom stereocenters. The van der Waals surface area contributed by atoms with Gasteiger partial charge >= 0.3 is 0 Å². The minimum absolute atomic E-state index is 0.0332. The molecule has 2 amide bonds. The quantitative estimate of drug-likeness (QED) is 0.888. The molecule has 3 rings (SSSR count). The Morgan fingerprint density at radius 2 is 1.80 bits per heavy atom. The molecule has 1 aromatic carbocycles. The molecule has 6 heteroatoms. The summed E-state index contributed by atoms with van der Waals surface area (Å²) in [5, 5.41) is 2.96. The zero-order valence-electron chi connectivity index (χ0n) is 14.9. The molecule has 0 aliphatic carbocycles. The third-order valence-corrected chi connectivity index (χ3v) is 5.07. The van der Waals surface area contributed by atoms with Crippen LogP contribution in [0, 0.1) is 0 Å². The summed E-state index contributed by atoms with van der Waals surface area (Å²) < 4.78 is 5.13. The number of piperidine rings is 1. The SMILES string of the molecule is COc1ccc(NC(=O)C2CCCN2CC(=O)N2CCCCC2)cc1. The van der Waals surface area contributed by atoms with Crippen molar-refractivity contribution < 1.29 is 14.3 Å². The standard InChI is InChI=1S/C19H27N3O3/c1-25-16-9-7-15(8-10-16)20-19(24)17-6-5-13-22(17)14-18(23)21-11-3-2-4-12-21/h7-10,17H,2-6,11-14H2,1H3,(H,20,24). The molecule has 2 fully saturated rings. The molecule has 1 N–H and O–H groups in total. The van der Waals surface area contributed by atoms with Crippen LogP contribution in [0.5, 0.6) is 5.75 Å². The number of benzene rings is 1. The van der Waals surface area contributed by atoms with E-state index in [-0.39, 0.29) is 17.9 Å². The number of amides is 2. The van der Waals surface area contributed by atoms with Crippen LogP contribution < -0.4 is 10.1 Å². The number of likely N-dealkylation sites (tertiary alicyclic amines) is 2. The Labute approximate surface area is 149 Å². The van der Waals surface area contributed by atoms with Crippen molar-refractivity contribution in [2.45, 2.75) is 38.1 Å². The van der Waals surface area contributed by atoms with Crippen LogP contribution in [-0.4, -0.2) is 60.9 Å². The van der Waals surface area contributed by atoms with E-state index >= 15 is 0 Å². The highest BCUT2D eigenvalue weighted by Crippen LogP contribution is 2.21. The van der Waals surface area contributed by atoms with Gasteiger partial charge in [0.1, 0.15) is 5.75 Å². The zero-order chi connectivity index (χ0) is 17.6. The van der Waals surface area contributed by atoms with E-state index in [0.29, 0.717) is 6.54 Å². The van der Waals surface area contributed by atoms with Crippen molar-refractivity contribution in [2.75, 3.05) is 38.6 Å². The lowest BCUT2D eigenvalue weighted by Crippen LogP contribution is -2.47. The maximum Gasteiger partial charge on any atom is 0.241 e. The van der Waals surface area contributed by atoms with E-state index < -0.39 is 0 Å². The highest BCUT2D eigenvalue weighted by atomic mass is 16.5. The maximum absolute atomic E-state index is 12.6. The van der Waals surface area contributed by atoms with Gasteiger partial charge in [0.2, 0.25) is 11.8 Å². The van der Waals surface area contributed by atoms with Gasteiger partial charge in [0.25, 0.3) is 0 Å². The average molecular weight is 345 g/mol. The normalized spacial score (nSPS) is 21.2. The molecule has 2 aliphatic heterocycles. The molecule has 0 saturated carbocycles. The number of hydrogen-bond donors (Lipinski definition) is 1. The molecule has 0 spiro atoms. The van der Waals surface area contributed by atoms with Crippen LogP contribution in [0.1, 0.15) is 32.1 Å². The van der Waals surface area contributed by atoms with Crippen molar-refractivity contribution in [1.82, 2.24) is 9.80 Å². The number of carbonyl (C=O) groups is 2. The summed E-state index contributed by atoms with van der Waals surface area (Å²) in [6.45, 7) is 2.87. The molecule has 6 nitrogen and oxygen atoms in total. The Kier molecular flexibility index (Phi) is 5.91. The Morgan fingerprint density at radius 3 is 2.48 bits per heavy atom. The van der Waals surface area contributed by atoms with E-state index in [9.17, 15) is 9.59 Å². The minimum atomic E-state index is -0.226. The van der Waals surface area contributed by atoms with Gasteiger partial charge < -0.3 is 15.0 Å². The Bertz CT molecular complexity index is 596. The van der Waals surface area contributed by atoms with Crippen LogP contribution in [0.3, 0.4) is 0 Å². The van der Waals surface area contributed by atoms with Gasteiger partial charge in [-0.15, -0.1) is 0 Å². The lowest BCUT2D eigenvalue weighted by molar-refractivity contribution is -0.134. The molecule has 0 bridgehead atoms. The summed E-state index contributed by atoms with van der Waals surface area (Å²) in [5.74, 6) is 0.880. The molecule has 136 valence electrons. The van der Waals surface area contributed by atoms with Gasteiger partial charge in [-0.3, -0.25) is 14.5 Å². The van der Waals surface area contributed by atoms with Crippen molar-refractivity contribution in [3.05, 3.63) is 24.3 Å². The van der Waals surface area contributed by atoms with E-state index in [4.69, 9.17) is 4.74 Å². The van der Waals surface area contributed by atoms with Crippen molar-refractivity contribution in [3.63, 3.8) is 0 Å². The average Bonchev–Trinajstić information content (AvgIpc) is 3.11. The fourth-order valence-corrected chi connectivity index (χ4v) is 3.63. The molecular formula is C19H27N3O3. The maximum atomic E-state index is 12.6. The highest BCUT2D eigenvalue weighted by Gasteiger charge is 2.33. The van der Waals surface area contributed by atoms with Crippen molar-refractivity contribution in [2.24, 2.45) is 0 Å². The molecule has 1 atom stereocenters. The number of anilines is 1. The van der Waals surface area contributed by atoms with Gasteiger partial charge in [-0.1, -0.05) is 0 Å². The van der Waals surface area contributed by atoms with Gasteiger partial charge in [-0.25, -0.2) is 0 Å². The van der Waals surface area contributed by atoms with Crippen molar-refractivity contribution in [3.8, 4) is 5.75 Å². The fourth-order valence-electron chi connectivity index (χ4n) is 3.63. The van der Waals surface area contributed by atoms with Crippen molar-refractivity contribution in [1.29, 1.82) is 0 Å². The van der Waals surface area contributed by atoms with Gasteiger partial charge in [-0.2, -0.15) is 0 Å². The summed E-state index contributed by atoms with van der Waals surface area (Å²) in [6, 6.07) is 7.07. The second-order valence-electron chi connectivity index (χ2n) is 6.79. The van der Waals surface area contributed by atoms with Crippen LogP contribution in [0.4, 0.5) is 5.69 Å². The van der Waals surface area contributed by atoms with E-state index in [1.165, 1.54) is 6.42 Å². The van der Waals surface area contributed by atoms with Crippen LogP contribution in [0.15, 0.2) is 24.3 Å². The zero-order valence-corrected chi connectivity index (χ0v) is 14.9. The van der Waals surface area contributed by atoms with Gasteiger partial charge in [0.05, 0.1) is 19.7 Å². The monoisotopic (exact) mass is 345 g/mol. The highest BCUT2D eigenvalue weighted by molar-refractivity contribution is 5.95. The van der Waals surface area contributed by atoms with E-state index in [2.05, 4.69) is 5.32 Å². The molecule has 2 aliphatic rings.